The van der Waals surface area contributed by atoms with Crippen LogP contribution in [0.3, 0.4) is 0 Å². The highest BCUT2D eigenvalue weighted by atomic mass is 16.2. The van der Waals surface area contributed by atoms with Crippen LogP contribution in [0.4, 0.5) is 5.69 Å². The van der Waals surface area contributed by atoms with Crippen molar-refractivity contribution >= 4 is 17.5 Å². The zero-order valence-corrected chi connectivity index (χ0v) is 12.5. The maximum atomic E-state index is 12.1. The average Bonchev–Trinajstić information content (AvgIpc) is 2.46. The summed E-state index contributed by atoms with van der Waals surface area (Å²) in [6, 6.07) is 4.63. The minimum Gasteiger partial charge on any atom is -0.355 e. The molecule has 0 aromatic heterocycles. The largest absolute Gasteiger partial charge is 0.355 e. The van der Waals surface area contributed by atoms with Gasteiger partial charge in [-0.25, -0.2) is 0 Å². The molecule has 2 unspecified atom stereocenters. The SMILES string of the molecule is CCC(C)C(N)C(=O)Nc1cc(C(=O)NC)ccc1C. The number of hydrogen-bond acceptors (Lipinski definition) is 3. The van der Waals surface area contributed by atoms with Gasteiger partial charge in [0.25, 0.3) is 5.91 Å². The summed E-state index contributed by atoms with van der Waals surface area (Å²) in [5.74, 6) is -0.305. The van der Waals surface area contributed by atoms with Gasteiger partial charge in [0.1, 0.15) is 0 Å². The monoisotopic (exact) mass is 277 g/mol. The number of aryl methyl sites for hydroxylation is 1. The highest BCUT2D eigenvalue weighted by Crippen LogP contribution is 2.18. The lowest BCUT2D eigenvalue weighted by molar-refractivity contribution is -0.118. The number of amides is 2. The summed E-state index contributed by atoms with van der Waals surface area (Å²) in [6.07, 6.45) is 0.839. The highest BCUT2D eigenvalue weighted by Gasteiger charge is 2.20. The summed E-state index contributed by atoms with van der Waals surface area (Å²) in [5, 5.41) is 5.36. The molecule has 0 fully saturated rings. The molecule has 0 aliphatic rings. The molecule has 0 bridgehead atoms. The first-order valence-electron chi connectivity index (χ1n) is 6.79. The highest BCUT2D eigenvalue weighted by molar-refractivity contribution is 5.99. The van der Waals surface area contributed by atoms with Crippen LogP contribution in [0.25, 0.3) is 0 Å². The minimum atomic E-state index is -0.553. The summed E-state index contributed by atoms with van der Waals surface area (Å²) in [5.41, 5.74) is 7.92. The number of carbonyl (C=O) groups excluding carboxylic acids is 2. The van der Waals surface area contributed by atoms with Crippen molar-refractivity contribution in [2.75, 3.05) is 12.4 Å². The predicted molar refractivity (Wildman–Crippen MR) is 80.6 cm³/mol. The third kappa shape index (κ3) is 3.81. The zero-order chi connectivity index (χ0) is 15.3. The van der Waals surface area contributed by atoms with Crippen molar-refractivity contribution in [3.8, 4) is 0 Å². The van der Waals surface area contributed by atoms with Gasteiger partial charge < -0.3 is 16.4 Å². The van der Waals surface area contributed by atoms with Crippen LogP contribution in [0.15, 0.2) is 18.2 Å². The standard InChI is InChI=1S/C15H23N3O2/c1-5-9(2)13(16)15(20)18-12-8-11(14(19)17-4)7-6-10(12)3/h6-9,13H,5,16H2,1-4H3,(H,17,19)(H,18,20). The van der Waals surface area contributed by atoms with Crippen LogP contribution in [-0.2, 0) is 4.79 Å². The number of benzene rings is 1. The van der Waals surface area contributed by atoms with Gasteiger partial charge >= 0.3 is 0 Å². The van der Waals surface area contributed by atoms with E-state index in [1.807, 2.05) is 20.8 Å². The van der Waals surface area contributed by atoms with Crippen molar-refractivity contribution in [1.29, 1.82) is 0 Å². The summed E-state index contributed by atoms with van der Waals surface area (Å²) in [6.45, 7) is 5.81. The number of nitrogens with two attached hydrogens (primary N) is 1. The molecule has 0 saturated carbocycles. The number of rotatable bonds is 5. The van der Waals surface area contributed by atoms with Gasteiger partial charge in [-0.05, 0) is 30.5 Å². The third-order valence-corrected chi connectivity index (χ3v) is 3.54. The van der Waals surface area contributed by atoms with Crippen molar-refractivity contribution in [1.82, 2.24) is 5.32 Å². The van der Waals surface area contributed by atoms with E-state index in [4.69, 9.17) is 5.73 Å². The summed E-state index contributed by atoms with van der Waals surface area (Å²) >= 11 is 0. The van der Waals surface area contributed by atoms with E-state index in [0.717, 1.165) is 12.0 Å². The van der Waals surface area contributed by atoms with Gasteiger partial charge in [0.2, 0.25) is 5.91 Å². The molecule has 0 aliphatic heterocycles. The lowest BCUT2D eigenvalue weighted by Gasteiger charge is -2.18. The normalized spacial score (nSPS) is 13.4. The smallest absolute Gasteiger partial charge is 0.251 e. The first kappa shape index (κ1) is 16.2. The van der Waals surface area contributed by atoms with E-state index in [1.54, 1.807) is 25.2 Å². The molecule has 0 aliphatic carbocycles. The average molecular weight is 277 g/mol. The number of carbonyl (C=O) groups is 2. The van der Waals surface area contributed by atoms with Crippen molar-refractivity contribution in [2.24, 2.45) is 11.7 Å². The Bertz CT molecular complexity index is 500. The lowest BCUT2D eigenvalue weighted by atomic mass is 9.99. The molecule has 1 aromatic carbocycles. The van der Waals surface area contributed by atoms with E-state index in [2.05, 4.69) is 10.6 Å². The van der Waals surface area contributed by atoms with Gasteiger partial charge in [-0.3, -0.25) is 9.59 Å². The number of anilines is 1. The second-order valence-corrected chi connectivity index (χ2v) is 5.01. The number of hydrogen-bond donors (Lipinski definition) is 3. The van der Waals surface area contributed by atoms with E-state index < -0.39 is 6.04 Å². The van der Waals surface area contributed by atoms with Crippen LogP contribution in [0, 0.1) is 12.8 Å². The quantitative estimate of drug-likeness (QED) is 0.765. The molecule has 0 spiro atoms. The van der Waals surface area contributed by atoms with Crippen molar-refractivity contribution in [2.45, 2.75) is 33.2 Å². The van der Waals surface area contributed by atoms with Crippen LogP contribution in [0.1, 0.15) is 36.2 Å². The molecule has 5 nitrogen and oxygen atoms in total. The molecule has 2 atom stereocenters. The van der Waals surface area contributed by atoms with Gasteiger partial charge in [-0.2, -0.15) is 0 Å². The van der Waals surface area contributed by atoms with Crippen LogP contribution in [0.2, 0.25) is 0 Å². The summed E-state index contributed by atoms with van der Waals surface area (Å²) < 4.78 is 0. The van der Waals surface area contributed by atoms with Gasteiger partial charge in [-0.15, -0.1) is 0 Å². The van der Waals surface area contributed by atoms with Crippen molar-refractivity contribution < 1.29 is 9.59 Å². The molecule has 1 rings (SSSR count). The Labute approximate surface area is 119 Å². The first-order valence-corrected chi connectivity index (χ1v) is 6.79. The fourth-order valence-corrected chi connectivity index (χ4v) is 1.77. The Kier molecular flexibility index (Phi) is 5.70. The molecular formula is C15H23N3O2. The Morgan fingerprint density at radius 2 is 2.00 bits per heavy atom. The minimum absolute atomic E-state index is 0.109. The van der Waals surface area contributed by atoms with E-state index in [9.17, 15) is 9.59 Å². The van der Waals surface area contributed by atoms with E-state index in [0.29, 0.717) is 11.3 Å². The summed E-state index contributed by atoms with van der Waals surface area (Å²) in [7, 11) is 1.57. The van der Waals surface area contributed by atoms with Gasteiger partial charge in [0.15, 0.2) is 0 Å². The van der Waals surface area contributed by atoms with E-state index >= 15 is 0 Å². The maximum absolute atomic E-state index is 12.1. The lowest BCUT2D eigenvalue weighted by Crippen LogP contribution is -2.40. The van der Waals surface area contributed by atoms with Crippen LogP contribution < -0.4 is 16.4 Å². The molecule has 0 saturated heterocycles. The van der Waals surface area contributed by atoms with Crippen LogP contribution in [-0.4, -0.2) is 24.9 Å². The Balaban J connectivity index is 2.91. The van der Waals surface area contributed by atoms with Gasteiger partial charge in [0, 0.05) is 18.3 Å². The van der Waals surface area contributed by atoms with Crippen molar-refractivity contribution in [3.05, 3.63) is 29.3 Å². The summed E-state index contributed by atoms with van der Waals surface area (Å²) in [4.78, 5) is 23.7. The fraction of sp³-hybridized carbons (Fsp3) is 0.467. The topological polar surface area (TPSA) is 84.2 Å². The molecular weight excluding hydrogens is 254 g/mol. The number of nitrogens with one attached hydrogen (secondary N) is 2. The second-order valence-electron chi connectivity index (χ2n) is 5.01. The Morgan fingerprint density at radius 3 is 2.55 bits per heavy atom. The molecule has 1 aromatic rings. The van der Waals surface area contributed by atoms with Crippen LogP contribution >= 0.6 is 0 Å². The van der Waals surface area contributed by atoms with Gasteiger partial charge in [-0.1, -0.05) is 26.3 Å². The fourth-order valence-electron chi connectivity index (χ4n) is 1.77. The van der Waals surface area contributed by atoms with Gasteiger partial charge in [0.05, 0.1) is 6.04 Å². The Morgan fingerprint density at radius 1 is 1.35 bits per heavy atom. The third-order valence-electron chi connectivity index (χ3n) is 3.54. The molecule has 5 heteroatoms. The molecule has 20 heavy (non-hydrogen) atoms. The first-order chi connectivity index (χ1) is 9.40. The van der Waals surface area contributed by atoms with Crippen molar-refractivity contribution in [3.63, 3.8) is 0 Å². The zero-order valence-electron chi connectivity index (χ0n) is 12.5. The Hall–Kier alpha value is -1.88. The van der Waals surface area contributed by atoms with Crippen LogP contribution in [0.5, 0.6) is 0 Å². The second kappa shape index (κ2) is 7.05. The molecule has 0 radical (unpaired) electrons. The van der Waals surface area contributed by atoms with E-state index in [1.165, 1.54) is 0 Å². The molecule has 110 valence electrons. The molecule has 4 N–H and O–H groups in total. The van der Waals surface area contributed by atoms with E-state index in [-0.39, 0.29) is 17.7 Å². The maximum Gasteiger partial charge on any atom is 0.251 e. The predicted octanol–water partition coefficient (Wildman–Crippen LogP) is 1.67. The molecule has 0 heterocycles. The molecule has 2 amide bonds.